The minimum absolute atomic E-state index is 0.00695. The molecule has 3 heterocycles. The van der Waals surface area contributed by atoms with Crippen molar-refractivity contribution in [3.63, 3.8) is 0 Å². The molecule has 50 heavy (non-hydrogen) atoms. The van der Waals surface area contributed by atoms with Crippen LogP contribution in [0.2, 0.25) is 0 Å². The molecular formula is C39H60N2O9. The van der Waals surface area contributed by atoms with Crippen LogP contribution < -0.4 is 5.32 Å². The van der Waals surface area contributed by atoms with Crippen molar-refractivity contribution < 1.29 is 44.2 Å². The quantitative estimate of drug-likeness (QED) is 0.179. The van der Waals surface area contributed by atoms with E-state index in [-0.39, 0.29) is 52.8 Å². The van der Waals surface area contributed by atoms with Gasteiger partial charge in [-0.05, 0) is 118 Å². The molecule has 8 aliphatic rings. The minimum atomic E-state index is -1.59. The third-order valence-electron chi connectivity index (χ3n) is 15.7. The fourth-order valence-electron chi connectivity index (χ4n) is 13.2. The number of nitrogens with zero attached hydrogens (tertiary/aromatic N) is 1. The number of carbonyl (C=O) groups excluding carboxylic acids is 2. The van der Waals surface area contributed by atoms with Crippen LogP contribution in [0.15, 0.2) is 11.6 Å². The summed E-state index contributed by atoms with van der Waals surface area (Å²) < 4.78 is 17.8. The predicted molar refractivity (Wildman–Crippen MR) is 182 cm³/mol. The fraction of sp³-hybridized carbons (Fsp3) is 0.897. The number of amides is 1. The number of nitrogens with one attached hydrogen (secondary N) is 1. The van der Waals surface area contributed by atoms with Gasteiger partial charge in [0.15, 0.2) is 5.78 Å². The van der Waals surface area contributed by atoms with Crippen molar-refractivity contribution >= 4 is 11.7 Å². The number of aliphatic hydroxyl groups is 4. The Morgan fingerprint density at radius 1 is 1.18 bits per heavy atom. The highest BCUT2D eigenvalue weighted by atomic mass is 16.5. The Bertz CT molecular complexity index is 1380. The van der Waals surface area contributed by atoms with Gasteiger partial charge in [-0.3, -0.25) is 14.9 Å². The lowest BCUT2D eigenvalue weighted by molar-refractivity contribution is -0.219. The van der Waals surface area contributed by atoms with E-state index in [1.807, 2.05) is 6.92 Å². The summed E-state index contributed by atoms with van der Waals surface area (Å²) in [5.74, 6) is -0.422. The van der Waals surface area contributed by atoms with E-state index in [0.717, 1.165) is 63.6 Å². The zero-order valence-corrected chi connectivity index (χ0v) is 30.4. The first-order valence-corrected chi connectivity index (χ1v) is 19.6. The number of methoxy groups -OCH3 is 1. The van der Waals surface area contributed by atoms with E-state index in [4.69, 9.17) is 14.2 Å². The molecular weight excluding hydrogens is 640 g/mol. The Balaban J connectivity index is 1.04. The van der Waals surface area contributed by atoms with Crippen LogP contribution >= 0.6 is 0 Å². The van der Waals surface area contributed by atoms with Crippen molar-refractivity contribution in [2.75, 3.05) is 33.4 Å². The van der Waals surface area contributed by atoms with Gasteiger partial charge in [0.1, 0.15) is 18.4 Å². The van der Waals surface area contributed by atoms with Gasteiger partial charge < -0.3 is 39.5 Å². The Hall–Kier alpha value is -1.44. The Morgan fingerprint density at radius 2 is 1.96 bits per heavy atom. The van der Waals surface area contributed by atoms with Crippen molar-refractivity contribution in [2.45, 2.75) is 139 Å². The molecule has 0 aromatic carbocycles. The van der Waals surface area contributed by atoms with Crippen LogP contribution in [0.3, 0.4) is 0 Å². The first kappa shape index (κ1) is 35.6. The first-order chi connectivity index (χ1) is 23.8. The number of hydrogen-bond acceptors (Lipinski definition) is 10. The van der Waals surface area contributed by atoms with Crippen LogP contribution in [0.25, 0.3) is 0 Å². The van der Waals surface area contributed by atoms with Crippen LogP contribution in [-0.2, 0) is 23.8 Å². The largest absolute Gasteiger partial charge is 0.387 e. The number of ketones is 1. The molecule has 1 amide bonds. The second kappa shape index (κ2) is 12.6. The highest BCUT2D eigenvalue weighted by Crippen LogP contribution is 2.73. The van der Waals surface area contributed by atoms with Crippen molar-refractivity contribution in [3.05, 3.63) is 11.6 Å². The molecule has 1 spiro atoms. The number of fused-ring (bicyclic) bond motifs is 7. The third-order valence-corrected chi connectivity index (χ3v) is 15.7. The van der Waals surface area contributed by atoms with Gasteiger partial charge in [-0.2, -0.15) is 0 Å². The van der Waals surface area contributed by atoms with Gasteiger partial charge in [0.05, 0.1) is 29.5 Å². The topological polar surface area (TPSA) is 158 Å². The molecule has 0 radical (unpaired) electrons. The molecule has 0 aromatic heterocycles. The standard InChI is InChI=1S/C39H60N2O9/c1-21-24-18-27(35(45)41-13-14-41)40-34(44)32(24)50-31(21)33(43)37(3,46)29-9-12-39(47)26-19-28(42)25-17-23(49-16-6-15-48-4)8-11-36(25,2)30(26)22-7-5-10-38(29,39)20-22/h19,21-25,27,29-34,40,43-44,46-47H,5-18,20H2,1-4H3. The lowest BCUT2D eigenvalue weighted by Crippen LogP contribution is -2.67. The number of ether oxygens (including phenoxy) is 3. The predicted octanol–water partition coefficient (Wildman–Crippen LogP) is 2.33. The monoisotopic (exact) mass is 700 g/mol. The van der Waals surface area contributed by atoms with Crippen molar-refractivity contribution in [1.29, 1.82) is 0 Å². The van der Waals surface area contributed by atoms with E-state index in [2.05, 4.69) is 12.2 Å². The summed E-state index contributed by atoms with van der Waals surface area (Å²) in [7, 11) is 1.69. The molecule has 3 aliphatic heterocycles. The van der Waals surface area contributed by atoms with Crippen molar-refractivity contribution in [2.24, 2.45) is 46.3 Å². The Kier molecular flexibility index (Phi) is 8.95. The average molecular weight is 701 g/mol. The molecule has 5 N–H and O–H groups in total. The Morgan fingerprint density at radius 3 is 2.70 bits per heavy atom. The van der Waals surface area contributed by atoms with Gasteiger partial charge in [0.25, 0.3) is 0 Å². The molecule has 7 fully saturated rings. The molecule has 11 heteroatoms. The second-order valence-corrected chi connectivity index (χ2v) is 18.1. The summed E-state index contributed by atoms with van der Waals surface area (Å²) in [5, 5.41) is 51.8. The number of allylic oxidation sites excluding steroid dienone is 1. The van der Waals surface area contributed by atoms with E-state index in [9.17, 15) is 30.0 Å². The highest BCUT2D eigenvalue weighted by molar-refractivity contribution is 5.95. The summed E-state index contributed by atoms with van der Waals surface area (Å²) in [4.78, 5) is 28.7. The van der Waals surface area contributed by atoms with Crippen LogP contribution in [0, 0.1) is 46.3 Å². The SMILES string of the molecule is COCCCOC1CCC2(C)C(C1)C(=O)C=C1C2C2CCCC3(C2)C(C(C)(O)C(O)C2OC4C(O)NC(C(=O)N5CC5)CC4C2C)CCC13O. The van der Waals surface area contributed by atoms with Crippen molar-refractivity contribution in [3.8, 4) is 0 Å². The average Bonchev–Trinajstić information content (AvgIpc) is 3.82. The van der Waals surface area contributed by atoms with Gasteiger partial charge in [-0.15, -0.1) is 0 Å². The molecule has 11 nitrogen and oxygen atoms in total. The number of rotatable bonds is 9. The molecule has 16 unspecified atom stereocenters. The zero-order valence-electron chi connectivity index (χ0n) is 30.4. The van der Waals surface area contributed by atoms with Gasteiger partial charge in [0, 0.05) is 44.7 Å². The number of aliphatic hydroxyl groups excluding tert-OH is 2. The molecule has 8 rings (SSSR count). The van der Waals surface area contributed by atoms with E-state index < -0.39 is 53.1 Å². The number of piperidine rings is 1. The number of carbonyl (C=O) groups is 2. The lowest BCUT2D eigenvalue weighted by atomic mass is 9.40. The highest BCUT2D eigenvalue weighted by Gasteiger charge is 2.73. The molecule has 2 bridgehead atoms. The normalized spacial score (nSPS) is 49.6. The summed E-state index contributed by atoms with van der Waals surface area (Å²) in [5.41, 5.74) is -2.87. The van der Waals surface area contributed by atoms with Crippen molar-refractivity contribution in [1.82, 2.24) is 10.2 Å². The fourth-order valence-corrected chi connectivity index (χ4v) is 13.2. The molecule has 280 valence electrons. The van der Waals surface area contributed by atoms with E-state index >= 15 is 0 Å². The minimum Gasteiger partial charge on any atom is -0.387 e. The molecule has 16 atom stereocenters. The smallest absolute Gasteiger partial charge is 0.239 e. The van der Waals surface area contributed by atoms with Crippen LogP contribution in [-0.4, -0.2) is 118 Å². The summed E-state index contributed by atoms with van der Waals surface area (Å²) in [6.07, 6.45) is 6.48. The van der Waals surface area contributed by atoms with Crippen LogP contribution in [0.1, 0.15) is 91.4 Å². The zero-order chi connectivity index (χ0) is 35.4. The van der Waals surface area contributed by atoms with E-state index in [0.29, 0.717) is 38.9 Å². The second-order valence-electron chi connectivity index (χ2n) is 18.1. The van der Waals surface area contributed by atoms with Gasteiger partial charge in [-0.1, -0.05) is 20.3 Å². The summed E-state index contributed by atoms with van der Waals surface area (Å²) in [6.45, 7) is 8.75. The van der Waals surface area contributed by atoms with Crippen LogP contribution in [0.4, 0.5) is 0 Å². The maximum atomic E-state index is 14.1. The van der Waals surface area contributed by atoms with Gasteiger partial charge in [0.2, 0.25) is 5.91 Å². The van der Waals surface area contributed by atoms with Gasteiger partial charge >= 0.3 is 0 Å². The molecule has 4 saturated carbocycles. The molecule has 5 aliphatic carbocycles. The number of hydrogen-bond donors (Lipinski definition) is 5. The molecule has 3 saturated heterocycles. The summed E-state index contributed by atoms with van der Waals surface area (Å²) >= 11 is 0. The van der Waals surface area contributed by atoms with E-state index in [1.165, 1.54) is 0 Å². The summed E-state index contributed by atoms with van der Waals surface area (Å²) in [6, 6.07) is -0.495. The van der Waals surface area contributed by atoms with Gasteiger partial charge in [-0.25, -0.2) is 0 Å². The maximum absolute atomic E-state index is 14.1. The van der Waals surface area contributed by atoms with E-state index in [1.54, 1.807) is 25.0 Å². The third kappa shape index (κ3) is 5.18. The lowest BCUT2D eigenvalue weighted by Gasteiger charge is -2.65. The maximum Gasteiger partial charge on any atom is 0.239 e. The molecule has 0 aromatic rings. The van der Waals surface area contributed by atoms with Crippen LogP contribution in [0.5, 0.6) is 0 Å². The first-order valence-electron chi connectivity index (χ1n) is 19.6. The Labute approximate surface area is 296 Å².